The number of piperazine rings is 1. The lowest BCUT2D eigenvalue weighted by Gasteiger charge is -2.32. The highest BCUT2D eigenvalue weighted by molar-refractivity contribution is 5.94. The average molecular weight is 474 g/mol. The summed E-state index contributed by atoms with van der Waals surface area (Å²) in [5.41, 5.74) is 2.92. The zero-order valence-electron chi connectivity index (χ0n) is 19.4. The number of fused-ring (bicyclic) bond motifs is 1. The van der Waals surface area contributed by atoms with E-state index in [4.69, 9.17) is 4.74 Å². The van der Waals surface area contributed by atoms with Gasteiger partial charge in [-0.1, -0.05) is 30.3 Å². The molecular formula is C26H27N5O4. The molecule has 5 rings (SSSR count). The third-order valence-corrected chi connectivity index (χ3v) is 6.24. The summed E-state index contributed by atoms with van der Waals surface area (Å²) in [5.74, 6) is 0.670. The van der Waals surface area contributed by atoms with Crippen molar-refractivity contribution in [2.24, 2.45) is 0 Å². The molecule has 0 saturated carbocycles. The van der Waals surface area contributed by atoms with Crippen LogP contribution >= 0.6 is 0 Å². The van der Waals surface area contributed by atoms with E-state index in [1.54, 1.807) is 11.9 Å². The van der Waals surface area contributed by atoms with Crippen molar-refractivity contribution in [1.29, 1.82) is 0 Å². The molecule has 1 unspecified atom stereocenters. The minimum Gasteiger partial charge on any atom is -0.491 e. The monoisotopic (exact) mass is 473 g/mol. The van der Waals surface area contributed by atoms with E-state index in [1.165, 1.54) is 6.33 Å². The van der Waals surface area contributed by atoms with E-state index < -0.39 is 6.10 Å². The number of carbonyl (C=O) groups excluding carboxylic acids is 1. The van der Waals surface area contributed by atoms with Crippen molar-refractivity contribution >= 4 is 16.9 Å². The van der Waals surface area contributed by atoms with Crippen LogP contribution in [0.1, 0.15) is 0 Å². The van der Waals surface area contributed by atoms with Gasteiger partial charge in [-0.15, -0.1) is 0 Å². The molecule has 2 aromatic carbocycles. The molecule has 1 fully saturated rings. The molecule has 2 N–H and O–H groups in total. The van der Waals surface area contributed by atoms with Crippen LogP contribution in [-0.2, 0) is 4.79 Å². The maximum absolute atomic E-state index is 12.7. The van der Waals surface area contributed by atoms with Gasteiger partial charge >= 0.3 is 0 Å². The van der Waals surface area contributed by atoms with Gasteiger partial charge in [0.15, 0.2) is 5.65 Å². The van der Waals surface area contributed by atoms with E-state index in [1.807, 2.05) is 70.3 Å². The maximum atomic E-state index is 12.7. The standard InChI is InChI=1S/C26H27N5O4/c1-29-11-12-30(15-23(29)33)13-20(32)16-35-21-9-7-18(8-10-21)22-14-31(19-5-3-2-4-6-19)25-24(22)26(34)28-17-27-25/h2-10,14,17,20,32H,11-13,15-16H2,1H3,(H,27,28,34). The average Bonchev–Trinajstić information content (AvgIpc) is 3.27. The lowest BCUT2D eigenvalue weighted by atomic mass is 10.1. The molecule has 0 radical (unpaired) electrons. The van der Waals surface area contributed by atoms with Gasteiger partial charge in [0, 0.05) is 44.1 Å². The zero-order chi connectivity index (χ0) is 24.4. The number of carbonyl (C=O) groups is 1. The number of aliphatic hydroxyl groups excluding tert-OH is 1. The fraction of sp³-hybridized carbons (Fsp3) is 0.269. The number of aliphatic hydroxyl groups is 1. The van der Waals surface area contributed by atoms with Crippen LogP contribution < -0.4 is 10.3 Å². The van der Waals surface area contributed by atoms with Crippen molar-refractivity contribution in [3.05, 3.63) is 77.5 Å². The zero-order valence-corrected chi connectivity index (χ0v) is 19.4. The maximum Gasteiger partial charge on any atom is 0.260 e. The number of amides is 1. The normalized spacial score (nSPS) is 15.5. The highest BCUT2D eigenvalue weighted by Crippen LogP contribution is 2.30. The van der Waals surface area contributed by atoms with Gasteiger partial charge < -0.3 is 24.3 Å². The van der Waals surface area contributed by atoms with Gasteiger partial charge in [-0.3, -0.25) is 14.5 Å². The van der Waals surface area contributed by atoms with Crippen molar-refractivity contribution < 1.29 is 14.6 Å². The van der Waals surface area contributed by atoms with Crippen molar-refractivity contribution in [1.82, 2.24) is 24.3 Å². The lowest BCUT2D eigenvalue weighted by molar-refractivity contribution is -0.135. The van der Waals surface area contributed by atoms with Crippen molar-refractivity contribution in [3.8, 4) is 22.6 Å². The molecule has 1 amide bonds. The summed E-state index contributed by atoms with van der Waals surface area (Å²) in [5, 5.41) is 10.9. The van der Waals surface area contributed by atoms with Crippen LogP contribution in [-0.4, -0.2) is 81.3 Å². The van der Waals surface area contributed by atoms with E-state index in [-0.39, 0.29) is 18.1 Å². The van der Waals surface area contributed by atoms with Crippen molar-refractivity contribution in [2.45, 2.75) is 6.10 Å². The van der Waals surface area contributed by atoms with E-state index in [9.17, 15) is 14.7 Å². The fourth-order valence-electron chi connectivity index (χ4n) is 4.31. The van der Waals surface area contributed by atoms with Gasteiger partial charge in [-0.2, -0.15) is 0 Å². The second-order valence-electron chi connectivity index (χ2n) is 8.72. The Kier molecular flexibility index (Phi) is 6.35. The first-order chi connectivity index (χ1) is 17.0. The molecule has 4 aromatic rings. The summed E-state index contributed by atoms with van der Waals surface area (Å²) in [4.78, 5) is 35.2. The topological polar surface area (TPSA) is 104 Å². The van der Waals surface area contributed by atoms with E-state index in [0.29, 0.717) is 36.4 Å². The number of nitrogens with zero attached hydrogens (tertiary/aromatic N) is 4. The van der Waals surface area contributed by atoms with Gasteiger partial charge in [-0.25, -0.2) is 4.98 Å². The molecule has 1 aliphatic rings. The van der Waals surface area contributed by atoms with Gasteiger partial charge in [0.25, 0.3) is 5.56 Å². The Labute approximate surface area is 202 Å². The molecule has 0 aliphatic carbocycles. The van der Waals surface area contributed by atoms with Gasteiger partial charge in [-0.05, 0) is 29.8 Å². The summed E-state index contributed by atoms with van der Waals surface area (Å²) in [6.45, 7) is 2.21. The number of H-pyrrole nitrogens is 1. The number of likely N-dealkylation sites (N-methyl/N-ethyl adjacent to an activating group) is 1. The molecule has 1 atom stereocenters. The molecule has 1 saturated heterocycles. The van der Waals surface area contributed by atoms with Gasteiger partial charge in [0.1, 0.15) is 18.5 Å². The Hall–Kier alpha value is -3.95. The molecule has 35 heavy (non-hydrogen) atoms. The van der Waals surface area contributed by atoms with Crippen molar-refractivity contribution in [3.63, 3.8) is 0 Å². The first kappa shape index (κ1) is 22.8. The Bertz CT molecular complexity index is 1380. The number of para-hydroxylation sites is 1. The molecule has 180 valence electrons. The molecule has 0 spiro atoms. The number of aromatic nitrogens is 3. The number of aromatic amines is 1. The first-order valence-electron chi connectivity index (χ1n) is 11.5. The summed E-state index contributed by atoms with van der Waals surface area (Å²) >= 11 is 0. The first-order valence-corrected chi connectivity index (χ1v) is 11.5. The van der Waals surface area contributed by atoms with Crippen LogP contribution in [0.4, 0.5) is 0 Å². The minimum absolute atomic E-state index is 0.0580. The van der Waals surface area contributed by atoms with Crippen LogP contribution in [0.15, 0.2) is 71.9 Å². The highest BCUT2D eigenvalue weighted by Gasteiger charge is 2.23. The molecule has 1 aliphatic heterocycles. The number of ether oxygens (including phenoxy) is 1. The second-order valence-corrected chi connectivity index (χ2v) is 8.72. The van der Waals surface area contributed by atoms with Crippen LogP contribution in [0.5, 0.6) is 5.75 Å². The van der Waals surface area contributed by atoms with Gasteiger partial charge in [0.05, 0.1) is 18.3 Å². The Morgan fingerprint density at radius 3 is 2.60 bits per heavy atom. The largest absolute Gasteiger partial charge is 0.491 e. The number of rotatable bonds is 7. The number of β-amino-alcohol motifs (C(OH)–C–C–N with tert-alkyl or cyclic N) is 1. The van der Waals surface area contributed by atoms with Crippen molar-refractivity contribution in [2.75, 3.05) is 39.8 Å². The Morgan fingerprint density at radius 2 is 1.86 bits per heavy atom. The summed E-state index contributed by atoms with van der Waals surface area (Å²) in [6.07, 6.45) is 2.62. The van der Waals surface area contributed by atoms with E-state index >= 15 is 0 Å². The van der Waals surface area contributed by atoms with Crippen LogP contribution in [0.2, 0.25) is 0 Å². The number of hydrogen-bond acceptors (Lipinski definition) is 6. The number of hydrogen-bond donors (Lipinski definition) is 2. The molecule has 2 aromatic heterocycles. The summed E-state index contributed by atoms with van der Waals surface area (Å²) < 4.78 is 7.68. The quantitative estimate of drug-likeness (QED) is 0.425. The van der Waals surface area contributed by atoms with Crippen LogP contribution in [0.25, 0.3) is 27.8 Å². The number of benzene rings is 2. The molecule has 9 heteroatoms. The Morgan fingerprint density at radius 1 is 1.09 bits per heavy atom. The van der Waals surface area contributed by atoms with Gasteiger partial charge in [0.2, 0.25) is 5.91 Å². The predicted octanol–water partition coefficient (Wildman–Crippen LogP) is 1.89. The predicted molar refractivity (Wildman–Crippen MR) is 133 cm³/mol. The minimum atomic E-state index is -0.709. The third-order valence-electron chi connectivity index (χ3n) is 6.24. The lowest BCUT2D eigenvalue weighted by Crippen LogP contribution is -2.51. The SMILES string of the molecule is CN1CCN(CC(O)COc2ccc(-c3cn(-c4ccccc4)c4nc[nH]c(=O)c34)cc2)CC1=O. The smallest absolute Gasteiger partial charge is 0.260 e. The molecule has 9 nitrogen and oxygen atoms in total. The molecular weight excluding hydrogens is 446 g/mol. The fourth-order valence-corrected chi connectivity index (χ4v) is 4.31. The molecule has 3 heterocycles. The Balaban J connectivity index is 1.31. The number of nitrogens with one attached hydrogen (secondary N) is 1. The van der Waals surface area contributed by atoms with Crippen LogP contribution in [0.3, 0.4) is 0 Å². The summed E-state index contributed by atoms with van der Waals surface area (Å²) in [6, 6.07) is 17.2. The van der Waals surface area contributed by atoms with E-state index in [0.717, 1.165) is 23.4 Å². The van der Waals surface area contributed by atoms with E-state index in [2.05, 4.69) is 9.97 Å². The third kappa shape index (κ3) is 4.82. The highest BCUT2D eigenvalue weighted by atomic mass is 16.5. The molecule has 0 bridgehead atoms. The summed E-state index contributed by atoms with van der Waals surface area (Å²) in [7, 11) is 1.79. The second kappa shape index (κ2) is 9.73. The van der Waals surface area contributed by atoms with Crippen LogP contribution in [0, 0.1) is 0 Å².